The molecule has 59 heavy (non-hydrogen) atoms. The molecule has 2 N–H and O–H groups in total. The van der Waals surface area contributed by atoms with Gasteiger partial charge in [0.05, 0.1) is 58.5 Å². The number of aromatic nitrogens is 4. The molecule has 6 heterocycles. The molecule has 8 bridgehead atoms. The standard InChI is InChI=1S/C44H43F6N5O4/c1-9-27-20(4)29-17-34-36(19(2)3)22(6)31(52-34)15-30-21(5)28(10-11-35(56)59-8)39(53-30)38-40-37(23(7)32(54-40)16-33(27)51-29)41(57)55(42(38)58)18-24-12-25(43(45,46)47)14-26(13-24)44(48,49)50/h12-17,19,21,28,52,54H,9-11,18H2,1-8H3/t21-,28-/m0/s1. The van der Waals surface area contributed by atoms with E-state index in [1.807, 2.05) is 39.8 Å². The molecule has 2 amide bonds. The van der Waals surface area contributed by atoms with Crippen LogP contribution in [0.3, 0.4) is 0 Å². The van der Waals surface area contributed by atoms with E-state index >= 15 is 0 Å². The normalized spacial score (nSPS) is 17.1. The predicted octanol–water partition coefficient (Wildman–Crippen LogP) is 11.1. The number of imide groups is 1. The number of rotatable bonds is 7. The maximum absolute atomic E-state index is 14.9. The Bertz CT molecular complexity index is 2620. The molecule has 310 valence electrons. The number of nitrogens with zero attached hydrogens (tertiary/aromatic N) is 3. The number of hydrogen-bond acceptors (Lipinski definition) is 6. The van der Waals surface area contributed by atoms with Gasteiger partial charge in [-0.3, -0.25) is 24.3 Å². The van der Waals surface area contributed by atoms with Gasteiger partial charge >= 0.3 is 18.3 Å². The van der Waals surface area contributed by atoms with Gasteiger partial charge in [0.1, 0.15) is 0 Å². The number of fused-ring (bicyclic) bond motifs is 8. The Morgan fingerprint density at radius 2 is 1.44 bits per heavy atom. The average Bonchev–Trinajstić information content (AvgIpc) is 3.84. The molecule has 1 aromatic carbocycles. The topological polar surface area (TPSA) is 121 Å². The first-order valence-electron chi connectivity index (χ1n) is 19.3. The molecular formula is C44H43F6N5O4. The third-order valence-electron chi connectivity index (χ3n) is 11.8. The predicted molar refractivity (Wildman–Crippen MR) is 210 cm³/mol. The molecule has 7 rings (SSSR count). The quantitative estimate of drug-likeness (QED) is 0.109. The van der Waals surface area contributed by atoms with Gasteiger partial charge in [0, 0.05) is 40.5 Å². The maximum atomic E-state index is 14.9. The Kier molecular flexibility index (Phi) is 10.4. The van der Waals surface area contributed by atoms with Crippen molar-refractivity contribution < 1.29 is 45.5 Å². The molecule has 15 heteroatoms. The largest absolute Gasteiger partial charge is 0.469 e. The van der Waals surface area contributed by atoms with E-state index in [2.05, 4.69) is 23.8 Å². The van der Waals surface area contributed by atoms with Crippen molar-refractivity contribution in [3.8, 4) is 0 Å². The second-order valence-corrected chi connectivity index (χ2v) is 15.7. The fourth-order valence-corrected chi connectivity index (χ4v) is 8.70. The number of allylic oxidation sites excluding steroid dienone is 2. The van der Waals surface area contributed by atoms with Crippen molar-refractivity contribution >= 4 is 51.0 Å². The minimum Gasteiger partial charge on any atom is -0.469 e. The van der Waals surface area contributed by atoms with E-state index in [1.165, 1.54) is 7.11 Å². The van der Waals surface area contributed by atoms with E-state index in [0.29, 0.717) is 45.9 Å². The smallest absolute Gasteiger partial charge is 0.416 e. The van der Waals surface area contributed by atoms with Gasteiger partial charge < -0.3 is 14.7 Å². The zero-order chi connectivity index (χ0) is 43.0. The van der Waals surface area contributed by atoms with Crippen LogP contribution in [0, 0.1) is 13.8 Å². The number of nitrogens with one attached hydrogen (secondary N) is 2. The number of alkyl halides is 6. The first kappa shape index (κ1) is 41.4. The van der Waals surface area contributed by atoms with Crippen molar-refractivity contribution in [3.63, 3.8) is 0 Å². The van der Waals surface area contributed by atoms with Crippen LogP contribution in [0.1, 0.15) is 149 Å². The number of methoxy groups -OCH3 is 1. The number of hydrogen-bond donors (Lipinski definition) is 2. The third-order valence-corrected chi connectivity index (χ3v) is 11.8. The van der Waals surface area contributed by atoms with E-state index in [1.54, 1.807) is 13.0 Å². The van der Waals surface area contributed by atoms with Crippen LogP contribution in [0.4, 0.5) is 26.3 Å². The van der Waals surface area contributed by atoms with E-state index in [-0.39, 0.29) is 47.2 Å². The van der Waals surface area contributed by atoms with Crippen molar-refractivity contribution in [2.45, 2.75) is 104 Å². The van der Waals surface area contributed by atoms with Crippen molar-refractivity contribution in [3.05, 3.63) is 104 Å². The van der Waals surface area contributed by atoms with Crippen LogP contribution in [0.5, 0.6) is 0 Å². The summed E-state index contributed by atoms with van der Waals surface area (Å²) < 4.78 is 88.7. The molecule has 0 aliphatic carbocycles. The Labute approximate surface area is 335 Å². The summed E-state index contributed by atoms with van der Waals surface area (Å²) in [6.07, 6.45) is -9.57. The summed E-state index contributed by atoms with van der Waals surface area (Å²) in [6.45, 7) is 12.8. The van der Waals surface area contributed by atoms with Gasteiger partial charge in [0.15, 0.2) is 0 Å². The molecule has 0 fully saturated rings. The molecule has 0 spiro atoms. The Morgan fingerprint density at radius 1 is 0.831 bits per heavy atom. The molecule has 0 saturated heterocycles. The minimum absolute atomic E-state index is 0.00503. The molecule has 3 aliphatic heterocycles. The summed E-state index contributed by atoms with van der Waals surface area (Å²) in [5.74, 6) is -3.26. The van der Waals surface area contributed by atoms with Gasteiger partial charge in [-0.15, -0.1) is 0 Å². The number of carbonyl (C=O) groups is 3. The van der Waals surface area contributed by atoms with Gasteiger partial charge in [-0.1, -0.05) is 27.7 Å². The lowest BCUT2D eigenvalue weighted by Crippen LogP contribution is -2.40. The first-order valence-corrected chi connectivity index (χ1v) is 19.3. The van der Waals surface area contributed by atoms with Gasteiger partial charge in [0.25, 0.3) is 11.8 Å². The maximum Gasteiger partial charge on any atom is 0.416 e. The highest BCUT2D eigenvalue weighted by molar-refractivity contribution is 6.23. The lowest BCUT2D eigenvalue weighted by atomic mass is 9.84. The summed E-state index contributed by atoms with van der Waals surface area (Å²) in [7, 11) is 1.26. The van der Waals surface area contributed by atoms with E-state index < -0.39 is 65.2 Å². The van der Waals surface area contributed by atoms with Crippen LogP contribution in [0.25, 0.3) is 33.2 Å². The number of esters is 1. The molecular weight excluding hydrogens is 777 g/mol. The van der Waals surface area contributed by atoms with E-state index in [0.717, 1.165) is 39.0 Å². The summed E-state index contributed by atoms with van der Waals surface area (Å²) in [5.41, 5.74) is 4.85. The molecule has 2 atom stereocenters. The second kappa shape index (κ2) is 14.8. The van der Waals surface area contributed by atoms with Crippen LogP contribution >= 0.6 is 0 Å². The van der Waals surface area contributed by atoms with Crippen molar-refractivity contribution in [2.75, 3.05) is 7.11 Å². The van der Waals surface area contributed by atoms with Crippen LogP contribution in [-0.2, 0) is 28.4 Å². The Balaban J connectivity index is 1.58. The Hall–Kier alpha value is -5.73. The summed E-state index contributed by atoms with van der Waals surface area (Å²) in [6, 6.07) is 6.69. The number of benzene rings is 1. The number of amides is 2. The summed E-state index contributed by atoms with van der Waals surface area (Å²) in [4.78, 5) is 59.6. The van der Waals surface area contributed by atoms with Gasteiger partial charge in [-0.2, -0.15) is 26.3 Å². The molecule has 3 aromatic heterocycles. The Morgan fingerprint density at radius 3 is 2.03 bits per heavy atom. The monoisotopic (exact) mass is 819 g/mol. The number of H-pyrrole nitrogens is 2. The minimum atomic E-state index is -5.15. The number of aryl methyl sites for hydroxylation is 2. The SMILES string of the molecule is CCC1=C(C)c2cc3[nH]c(cc4nc(c5c6[nH]c(cc1n2)c(C)c6C(=O)N(Cc1cc(C(F)(F)F)cc(C(F)(F)F)c1)C5=O)[C@@H](CCC(=O)OC)[C@@H]4C)c(C)c3C(C)C. The van der Waals surface area contributed by atoms with Gasteiger partial charge in [-0.25, -0.2) is 4.98 Å². The highest BCUT2D eigenvalue weighted by atomic mass is 19.4. The first-order chi connectivity index (χ1) is 27.6. The van der Waals surface area contributed by atoms with Gasteiger partial charge in [-0.05, 0) is 109 Å². The number of aromatic amines is 2. The van der Waals surface area contributed by atoms with Crippen molar-refractivity contribution in [1.29, 1.82) is 0 Å². The van der Waals surface area contributed by atoms with Crippen molar-refractivity contribution in [2.24, 2.45) is 0 Å². The van der Waals surface area contributed by atoms with Crippen molar-refractivity contribution in [1.82, 2.24) is 24.8 Å². The number of ether oxygens (including phenoxy) is 1. The van der Waals surface area contributed by atoms with Crippen LogP contribution in [-0.4, -0.2) is 49.7 Å². The number of carbonyl (C=O) groups excluding carboxylic acids is 3. The highest BCUT2D eigenvalue weighted by Crippen LogP contribution is 2.45. The zero-order valence-electron chi connectivity index (χ0n) is 33.8. The van der Waals surface area contributed by atoms with Crippen LogP contribution in [0.2, 0.25) is 0 Å². The number of halogens is 6. The van der Waals surface area contributed by atoms with Crippen LogP contribution in [0.15, 0.2) is 36.4 Å². The molecule has 0 unspecified atom stereocenters. The van der Waals surface area contributed by atoms with E-state index in [9.17, 15) is 40.7 Å². The van der Waals surface area contributed by atoms with Gasteiger partial charge in [0.2, 0.25) is 0 Å². The molecule has 3 aliphatic rings. The second-order valence-electron chi connectivity index (χ2n) is 15.7. The third kappa shape index (κ3) is 7.22. The lowest BCUT2D eigenvalue weighted by Gasteiger charge is -2.27. The zero-order valence-corrected chi connectivity index (χ0v) is 33.8. The van der Waals surface area contributed by atoms with E-state index in [4.69, 9.17) is 14.7 Å². The lowest BCUT2D eigenvalue weighted by molar-refractivity contribution is -0.143. The molecule has 0 radical (unpaired) electrons. The molecule has 0 saturated carbocycles. The summed E-state index contributed by atoms with van der Waals surface area (Å²) in [5, 5.41) is 0. The molecule has 4 aromatic rings. The highest BCUT2D eigenvalue weighted by Gasteiger charge is 2.42. The molecule has 9 nitrogen and oxygen atoms in total. The fraction of sp³-hybridized carbons (Fsp3) is 0.386. The summed E-state index contributed by atoms with van der Waals surface area (Å²) >= 11 is 0. The van der Waals surface area contributed by atoms with Crippen LogP contribution < -0.4 is 0 Å². The fourth-order valence-electron chi connectivity index (χ4n) is 8.70. The average molecular weight is 820 g/mol.